The number of aryl methyl sites for hydroxylation is 1. The van der Waals surface area contributed by atoms with Crippen molar-refractivity contribution >= 4 is 55.7 Å². The molecule has 3 aromatic carbocycles. The first-order chi connectivity index (χ1) is 19.7. The van der Waals surface area contributed by atoms with Crippen molar-refractivity contribution in [2.75, 3.05) is 30.9 Å². The third-order valence-corrected chi connectivity index (χ3v) is 9.52. The van der Waals surface area contributed by atoms with Gasteiger partial charge in [-0.2, -0.15) is 0 Å². The highest BCUT2D eigenvalue weighted by Crippen LogP contribution is 2.35. The summed E-state index contributed by atoms with van der Waals surface area (Å²) in [7, 11) is -4.38. The number of piperidine rings is 1. The second-order valence-electron chi connectivity index (χ2n) is 10.3. The van der Waals surface area contributed by atoms with E-state index in [4.69, 9.17) is 23.2 Å². The number of likely N-dealkylation sites (tertiary alicyclic amines) is 1. The third kappa shape index (κ3) is 6.86. The van der Waals surface area contributed by atoms with Crippen molar-refractivity contribution in [1.29, 1.82) is 0 Å². The van der Waals surface area contributed by atoms with E-state index in [0.717, 1.165) is 51.4 Å². The van der Waals surface area contributed by atoms with E-state index in [0.29, 0.717) is 27.5 Å². The topological polar surface area (TPSA) is 94.3 Å². The lowest BCUT2D eigenvalue weighted by molar-refractivity contribution is 0.0931. The number of halogens is 3. The number of hydrogen-bond acceptors (Lipinski definition) is 4. The zero-order valence-electron chi connectivity index (χ0n) is 22.3. The largest absolute Gasteiger partial charge is 0.358 e. The normalized spacial score (nSPS) is 14.8. The molecular weight excluding hydrogens is 586 g/mol. The summed E-state index contributed by atoms with van der Waals surface area (Å²) >= 11 is 12.3. The summed E-state index contributed by atoms with van der Waals surface area (Å²) in [4.78, 5) is 17.6. The molecule has 0 bridgehead atoms. The lowest BCUT2D eigenvalue weighted by atomic mass is 9.96. The number of benzene rings is 3. The van der Waals surface area contributed by atoms with Crippen molar-refractivity contribution in [3.8, 4) is 0 Å². The van der Waals surface area contributed by atoms with Gasteiger partial charge < -0.3 is 15.2 Å². The first-order valence-corrected chi connectivity index (χ1v) is 15.8. The fraction of sp³-hybridized carbons (Fsp3) is 0.300. The Balaban J connectivity index is 1.16. The van der Waals surface area contributed by atoms with Crippen LogP contribution in [0.4, 0.5) is 10.1 Å². The summed E-state index contributed by atoms with van der Waals surface area (Å²) in [6.45, 7) is 3.34. The predicted octanol–water partition coefficient (Wildman–Crippen LogP) is 6.49. The van der Waals surface area contributed by atoms with Crippen LogP contribution in [0.2, 0.25) is 10.0 Å². The molecule has 0 saturated carbocycles. The molecule has 5 rings (SSSR count). The molecule has 1 aromatic heterocycles. The van der Waals surface area contributed by atoms with Crippen molar-refractivity contribution in [1.82, 2.24) is 15.2 Å². The molecule has 4 aromatic rings. The van der Waals surface area contributed by atoms with Gasteiger partial charge in [-0.05, 0) is 81.1 Å². The zero-order valence-corrected chi connectivity index (χ0v) is 24.6. The van der Waals surface area contributed by atoms with E-state index in [9.17, 15) is 13.2 Å². The van der Waals surface area contributed by atoms with Crippen LogP contribution in [0.1, 0.15) is 35.2 Å². The van der Waals surface area contributed by atoms with E-state index in [1.54, 1.807) is 0 Å². The molecule has 0 radical (unpaired) electrons. The number of sulfonamides is 1. The number of hydrogen-bond donors (Lipinski definition) is 3. The summed E-state index contributed by atoms with van der Waals surface area (Å²) in [5.74, 6) is -1.48. The number of nitrogens with one attached hydrogen (secondary N) is 3. The number of H-pyrrole nitrogens is 1. The van der Waals surface area contributed by atoms with E-state index in [1.165, 1.54) is 36.0 Å². The second-order valence-corrected chi connectivity index (χ2v) is 12.8. The molecule has 216 valence electrons. The number of anilines is 1. The minimum absolute atomic E-state index is 0.150. The standard InChI is InChI=1S/C30H31Cl2FN4O3S/c31-23-11-12-25(29-27(23)24(32)19-34-29)36-41(39,40)26-10-4-9-22(28(26)33)30(38)35-18-21-13-16-37(17-14-21)15-5-8-20-6-2-1-3-7-20/h1-4,6-7,9-12,19,21,34,36H,5,8,13-18H2,(H,35,38). The van der Waals surface area contributed by atoms with Gasteiger partial charge in [-0.25, -0.2) is 12.8 Å². The SMILES string of the molecule is O=C(NCC1CCN(CCCc2ccccc2)CC1)c1cccc(S(=O)(=O)Nc2ccc(Cl)c3c(Cl)c[nH]c23)c1F. The first kappa shape index (κ1) is 29.4. The van der Waals surface area contributed by atoms with Crippen molar-refractivity contribution < 1.29 is 17.6 Å². The quantitative estimate of drug-likeness (QED) is 0.190. The number of amides is 1. The van der Waals surface area contributed by atoms with Crippen LogP contribution in [0.5, 0.6) is 0 Å². The molecule has 1 amide bonds. The maximum atomic E-state index is 15.4. The smallest absolute Gasteiger partial charge is 0.264 e. The van der Waals surface area contributed by atoms with Crippen LogP contribution in [0, 0.1) is 11.7 Å². The van der Waals surface area contributed by atoms with Crippen molar-refractivity contribution in [3.05, 3.63) is 93.8 Å². The zero-order chi connectivity index (χ0) is 29.0. The summed E-state index contributed by atoms with van der Waals surface area (Å²) in [6, 6.07) is 17.2. The van der Waals surface area contributed by atoms with Crippen LogP contribution >= 0.6 is 23.2 Å². The van der Waals surface area contributed by atoms with Crippen molar-refractivity contribution in [3.63, 3.8) is 0 Å². The predicted molar refractivity (Wildman–Crippen MR) is 162 cm³/mol. The van der Waals surface area contributed by atoms with Gasteiger partial charge in [-0.3, -0.25) is 9.52 Å². The van der Waals surface area contributed by atoms with E-state index in [-0.39, 0.29) is 17.2 Å². The molecule has 1 aliphatic heterocycles. The molecule has 11 heteroatoms. The van der Waals surface area contributed by atoms with Crippen LogP contribution in [0.25, 0.3) is 10.9 Å². The van der Waals surface area contributed by atoms with E-state index in [2.05, 4.69) is 44.2 Å². The molecule has 0 unspecified atom stereocenters. The maximum Gasteiger partial charge on any atom is 0.264 e. The lowest BCUT2D eigenvalue weighted by Crippen LogP contribution is -2.39. The summed E-state index contributed by atoms with van der Waals surface area (Å²) in [5, 5.41) is 3.91. The van der Waals surface area contributed by atoms with Gasteiger partial charge in [0.05, 0.1) is 26.8 Å². The minimum atomic E-state index is -4.38. The maximum absolute atomic E-state index is 15.4. The van der Waals surface area contributed by atoms with Gasteiger partial charge in [0.15, 0.2) is 5.82 Å². The average Bonchev–Trinajstić information content (AvgIpc) is 3.37. The summed E-state index contributed by atoms with van der Waals surface area (Å²) < 4.78 is 44.1. The monoisotopic (exact) mass is 616 g/mol. The van der Waals surface area contributed by atoms with Crippen molar-refractivity contribution in [2.45, 2.75) is 30.6 Å². The Bertz CT molecular complexity index is 1640. The highest BCUT2D eigenvalue weighted by molar-refractivity contribution is 7.92. The molecule has 3 N–H and O–H groups in total. The van der Waals surface area contributed by atoms with Gasteiger partial charge in [0, 0.05) is 18.1 Å². The third-order valence-electron chi connectivity index (χ3n) is 7.52. The fourth-order valence-electron chi connectivity index (χ4n) is 5.24. The van der Waals surface area contributed by atoms with Gasteiger partial charge in [0.25, 0.3) is 15.9 Å². The van der Waals surface area contributed by atoms with Crippen LogP contribution in [0.3, 0.4) is 0 Å². The second kappa shape index (κ2) is 12.8. The number of fused-ring (bicyclic) bond motifs is 1. The van der Waals surface area contributed by atoms with Crippen molar-refractivity contribution in [2.24, 2.45) is 5.92 Å². The van der Waals surface area contributed by atoms with E-state index < -0.39 is 26.6 Å². The van der Waals surface area contributed by atoms with Gasteiger partial charge in [-0.15, -0.1) is 0 Å². The average molecular weight is 618 g/mol. The number of aromatic nitrogens is 1. The van der Waals surface area contributed by atoms with Crippen LogP contribution in [0.15, 0.2) is 71.8 Å². The number of nitrogens with zero attached hydrogens (tertiary/aromatic N) is 1. The van der Waals surface area contributed by atoms with E-state index >= 15 is 4.39 Å². The molecule has 0 spiro atoms. The lowest BCUT2D eigenvalue weighted by Gasteiger charge is -2.32. The fourth-order valence-corrected chi connectivity index (χ4v) is 6.98. The molecule has 0 atom stereocenters. The summed E-state index contributed by atoms with van der Waals surface area (Å²) in [6.07, 6.45) is 5.50. The number of carbonyl (C=O) groups is 1. The molecular formula is C30H31Cl2FN4O3S. The highest BCUT2D eigenvalue weighted by Gasteiger charge is 2.26. The first-order valence-electron chi connectivity index (χ1n) is 13.5. The Morgan fingerprint density at radius 1 is 1.00 bits per heavy atom. The molecule has 0 aliphatic carbocycles. The Kier molecular flexibility index (Phi) is 9.19. The Labute approximate surface area is 249 Å². The van der Waals surface area contributed by atoms with Gasteiger partial charge in [0.2, 0.25) is 0 Å². The van der Waals surface area contributed by atoms with Gasteiger partial charge >= 0.3 is 0 Å². The Morgan fingerprint density at radius 2 is 1.76 bits per heavy atom. The number of aromatic amines is 1. The number of carbonyl (C=O) groups excluding carboxylic acids is 1. The Hall–Kier alpha value is -3.11. The van der Waals surface area contributed by atoms with E-state index in [1.807, 2.05) is 6.07 Å². The van der Waals surface area contributed by atoms with Crippen LogP contribution < -0.4 is 10.0 Å². The van der Waals surface area contributed by atoms with Crippen LogP contribution in [-0.2, 0) is 16.4 Å². The minimum Gasteiger partial charge on any atom is -0.358 e. The van der Waals surface area contributed by atoms with Gasteiger partial charge in [0.1, 0.15) is 4.90 Å². The van der Waals surface area contributed by atoms with Gasteiger partial charge in [-0.1, -0.05) is 59.6 Å². The molecule has 41 heavy (non-hydrogen) atoms. The summed E-state index contributed by atoms with van der Waals surface area (Å²) in [5.41, 5.74) is 1.53. The molecule has 7 nitrogen and oxygen atoms in total. The molecule has 1 fully saturated rings. The molecule has 2 heterocycles. The van der Waals surface area contributed by atoms with Crippen LogP contribution in [-0.4, -0.2) is 50.4 Å². The molecule has 1 aliphatic rings. The Morgan fingerprint density at radius 3 is 2.51 bits per heavy atom. The highest BCUT2D eigenvalue weighted by atomic mass is 35.5. The number of rotatable bonds is 10. The molecule has 1 saturated heterocycles.